The van der Waals surface area contributed by atoms with Gasteiger partial charge in [-0.25, -0.2) is 4.39 Å². The number of anilines is 1. The van der Waals surface area contributed by atoms with E-state index in [-0.39, 0.29) is 24.3 Å². The topological polar surface area (TPSA) is 64.2 Å². The van der Waals surface area contributed by atoms with Gasteiger partial charge in [-0.1, -0.05) is 18.2 Å². The van der Waals surface area contributed by atoms with Crippen LogP contribution in [-0.4, -0.2) is 27.6 Å². The Balaban J connectivity index is 2.08. The fraction of sp³-hybridized carbons (Fsp3) is 0.286. The number of hydrogen-bond acceptors (Lipinski definition) is 3. The first kappa shape index (κ1) is 14.0. The average Bonchev–Trinajstić information content (AvgIpc) is 2.83. The van der Waals surface area contributed by atoms with Gasteiger partial charge in [0, 0.05) is 18.8 Å². The van der Waals surface area contributed by atoms with Crippen LogP contribution in [0.25, 0.3) is 0 Å². The fourth-order valence-electron chi connectivity index (χ4n) is 1.95. The second-order valence-electron chi connectivity index (χ2n) is 4.67. The number of hydrogen-bond donors (Lipinski definition) is 1. The highest BCUT2D eigenvalue weighted by Crippen LogP contribution is 2.21. The largest absolute Gasteiger partial charge is 0.396 e. The van der Waals surface area contributed by atoms with Gasteiger partial charge in [0.25, 0.3) is 0 Å². The van der Waals surface area contributed by atoms with E-state index in [0.29, 0.717) is 11.3 Å². The van der Waals surface area contributed by atoms with E-state index >= 15 is 0 Å². The van der Waals surface area contributed by atoms with Gasteiger partial charge in [-0.05, 0) is 13.0 Å². The van der Waals surface area contributed by atoms with Crippen molar-refractivity contribution in [1.29, 1.82) is 0 Å². The van der Waals surface area contributed by atoms with Crippen molar-refractivity contribution in [2.45, 2.75) is 19.5 Å². The Hall–Kier alpha value is -2.37. The van der Waals surface area contributed by atoms with Crippen molar-refractivity contribution in [2.24, 2.45) is 0 Å². The molecule has 1 atom stereocenters. The molecule has 1 aromatic heterocycles. The summed E-state index contributed by atoms with van der Waals surface area (Å²) in [5.41, 5.74) is 6.53. The highest BCUT2D eigenvalue weighted by Gasteiger charge is 2.20. The third-order valence-electron chi connectivity index (χ3n) is 3.28. The molecule has 0 spiro atoms. The van der Waals surface area contributed by atoms with E-state index in [1.54, 1.807) is 38.4 Å². The molecule has 2 rings (SSSR count). The molecule has 0 radical (unpaired) electrons. The summed E-state index contributed by atoms with van der Waals surface area (Å²) in [7, 11) is 1.65. The molecule has 5 nitrogen and oxygen atoms in total. The van der Waals surface area contributed by atoms with Gasteiger partial charge in [0.05, 0.1) is 17.9 Å². The molecule has 0 aliphatic rings. The predicted octanol–water partition coefficient (Wildman–Crippen LogP) is 1.82. The summed E-state index contributed by atoms with van der Waals surface area (Å²) in [6, 6.07) is 6.09. The second-order valence-corrected chi connectivity index (χ2v) is 4.67. The lowest BCUT2D eigenvalue weighted by atomic mass is 10.1. The van der Waals surface area contributed by atoms with Crippen molar-refractivity contribution < 1.29 is 9.18 Å². The van der Waals surface area contributed by atoms with Gasteiger partial charge in [-0.3, -0.25) is 9.48 Å². The quantitative estimate of drug-likeness (QED) is 0.926. The molecule has 1 heterocycles. The Morgan fingerprint density at radius 2 is 2.20 bits per heavy atom. The van der Waals surface area contributed by atoms with E-state index in [1.807, 2.05) is 0 Å². The Morgan fingerprint density at radius 1 is 1.50 bits per heavy atom. The van der Waals surface area contributed by atoms with Crippen LogP contribution >= 0.6 is 0 Å². The predicted molar refractivity (Wildman–Crippen MR) is 74.2 cm³/mol. The third kappa shape index (κ3) is 2.96. The minimum Gasteiger partial charge on any atom is -0.396 e. The van der Waals surface area contributed by atoms with Crippen molar-refractivity contribution in [3.8, 4) is 0 Å². The molecule has 2 aromatic rings. The summed E-state index contributed by atoms with van der Waals surface area (Å²) < 4.78 is 15.2. The van der Waals surface area contributed by atoms with Gasteiger partial charge in [0.2, 0.25) is 5.91 Å². The number of carbonyl (C=O) groups is 1. The van der Waals surface area contributed by atoms with Crippen LogP contribution in [0.1, 0.15) is 18.5 Å². The van der Waals surface area contributed by atoms with Gasteiger partial charge in [0.15, 0.2) is 0 Å². The number of amides is 1. The smallest absolute Gasteiger partial charge is 0.244 e. The zero-order valence-corrected chi connectivity index (χ0v) is 11.5. The number of nitrogens with two attached hydrogens (primary N) is 1. The number of nitrogen functional groups attached to an aromatic ring is 1. The minimum absolute atomic E-state index is 0.0759. The first-order chi connectivity index (χ1) is 9.49. The lowest BCUT2D eigenvalue weighted by molar-refractivity contribution is -0.132. The molecule has 1 amide bonds. The van der Waals surface area contributed by atoms with E-state index in [4.69, 9.17) is 5.73 Å². The van der Waals surface area contributed by atoms with Crippen LogP contribution in [0, 0.1) is 5.82 Å². The van der Waals surface area contributed by atoms with Gasteiger partial charge in [-0.15, -0.1) is 0 Å². The molecular formula is C14H17FN4O. The van der Waals surface area contributed by atoms with Crippen molar-refractivity contribution in [1.82, 2.24) is 14.7 Å². The Labute approximate surface area is 116 Å². The SMILES string of the molecule is CC(c1ccccc1F)N(C)C(=O)Cn1cc(N)cn1. The van der Waals surface area contributed by atoms with E-state index in [2.05, 4.69) is 5.10 Å². The summed E-state index contributed by atoms with van der Waals surface area (Å²) in [6.07, 6.45) is 3.06. The molecule has 0 aliphatic heterocycles. The van der Waals surface area contributed by atoms with Crippen LogP contribution in [0.5, 0.6) is 0 Å². The van der Waals surface area contributed by atoms with Gasteiger partial charge in [0.1, 0.15) is 12.4 Å². The van der Waals surface area contributed by atoms with Gasteiger partial charge in [-0.2, -0.15) is 5.10 Å². The van der Waals surface area contributed by atoms with Crippen molar-refractivity contribution in [2.75, 3.05) is 12.8 Å². The molecule has 1 unspecified atom stereocenters. The molecule has 1 aromatic carbocycles. The standard InChI is InChI=1S/C14H17FN4O/c1-10(12-5-3-4-6-13(12)15)18(2)14(20)9-19-8-11(16)7-17-19/h3-8,10H,9,16H2,1-2H3. The van der Waals surface area contributed by atoms with Crippen LogP contribution < -0.4 is 5.73 Å². The summed E-state index contributed by atoms with van der Waals surface area (Å²) in [4.78, 5) is 13.6. The van der Waals surface area contributed by atoms with Crippen LogP contribution in [0.3, 0.4) is 0 Å². The normalized spacial score (nSPS) is 12.2. The van der Waals surface area contributed by atoms with E-state index < -0.39 is 0 Å². The van der Waals surface area contributed by atoms with Crippen LogP contribution in [0.4, 0.5) is 10.1 Å². The number of aromatic nitrogens is 2. The average molecular weight is 276 g/mol. The van der Waals surface area contributed by atoms with Crippen molar-refractivity contribution in [3.05, 3.63) is 48.0 Å². The number of halogens is 1. The fourth-order valence-corrected chi connectivity index (χ4v) is 1.95. The Bertz CT molecular complexity index is 611. The summed E-state index contributed by atoms with van der Waals surface area (Å²) in [6.45, 7) is 1.86. The molecule has 0 saturated heterocycles. The maximum absolute atomic E-state index is 13.7. The van der Waals surface area contributed by atoms with Crippen LogP contribution in [0.2, 0.25) is 0 Å². The Kier molecular flexibility index (Phi) is 4.02. The minimum atomic E-state index is -0.350. The second kappa shape index (κ2) is 5.73. The molecule has 0 bridgehead atoms. The molecule has 0 aliphatic carbocycles. The zero-order chi connectivity index (χ0) is 14.7. The summed E-state index contributed by atoms with van der Waals surface area (Å²) >= 11 is 0. The molecule has 2 N–H and O–H groups in total. The molecule has 6 heteroatoms. The number of rotatable bonds is 4. The van der Waals surface area contributed by atoms with Crippen molar-refractivity contribution >= 4 is 11.6 Å². The number of nitrogens with zero attached hydrogens (tertiary/aromatic N) is 3. The number of benzene rings is 1. The van der Waals surface area contributed by atoms with E-state index in [0.717, 1.165) is 0 Å². The van der Waals surface area contributed by atoms with Crippen LogP contribution in [-0.2, 0) is 11.3 Å². The lowest BCUT2D eigenvalue weighted by Gasteiger charge is -2.25. The summed E-state index contributed by atoms with van der Waals surface area (Å²) in [5, 5.41) is 3.96. The highest BCUT2D eigenvalue weighted by atomic mass is 19.1. The molecule has 0 saturated carbocycles. The van der Waals surface area contributed by atoms with Gasteiger partial charge >= 0.3 is 0 Å². The monoisotopic (exact) mass is 276 g/mol. The lowest BCUT2D eigenvalue weighted by Crippen LogP contribution is -2.33. The molecule has 0 fully saturated rings. The third-order valence-corrected chi connectivity index (χ3v) is 3.28. The van der Waals surface area contributed by atoms with Gasteiger partial charge < -0.3 is 10.6 Å². The Morgan fingerprint density at radius 3 is 2.80 bits per heavy atom. The summed E-state index contributed by atoms with van der Waals surface area (Å²) in [5.74, 6) is -0.480. The maximum Gasteiger partial charge on any atom is 0.244 e. The molecule has 106 valence electrons. The van der Waals surface area contributed by atoms with Crippen LogP contribution in [0.15, 0.2) is 36.7 Å². The first-order valence-corrected chi connectivity index (χ1v) is 6.27. The number of carbonyl (C=O) groups excluding carboxylic acids is 1. The molecule has 20 heavy (non-hydrogen) atoms. The zero-order valence-electron chi connectivity index (χ0n) is 11.5. The maximum atomic E-state index is 13.7. The highest BCUT2D eigenvalue weighted by molar-refractivity contribution is 5.76. The van der Waals surface area contributed by atoms with E-state index in [9.17, 15) is 9.18 Å². The first-order valence-electron chi connectivity index (χ1n) is 6.27. The van der Waals surface area contributed by atoms with Crippen molar-refractivity contribution in [3.63, 3.8) is 0 Å². The number of likely N-dealkylation sites (N-methyl/N-ethyl adjacent to an activating group) is 1. The molecular weight excluding hydrogens is 259 g/mol. The van der Waals surface area contributed by atoms with E-state index in [1.165, 1.54) is 21.8 Å².